The lowest BCUT2D eigenvalue weighted by Gasteiger charge is -2.23. The summed E-state index contributed by atoms with van der Waals surface area (Å²) in [6.45, 7) is 6.16. The van der Waals surface area contributed by atoms with Crippen LogP contribution in [0.2, 0.25) is 0 Å². The quantitative estimate of drug-likeness (QED) is 0.607. The number of rotatable bonds is 5. The second kappa shape index (κ2) is 5.36. The van der Waals surface area contributed by atoms with E-state index >= 15 is 0 Å². The summed E-state index contributed by atoms with van der Waals surface area (Å²) in [6, 6.07) is 0. The van der Waals surface area contributed by atoms with E-state index in [0.29, 0.717) is 0 Å². The molecule has 66 valence electrons. The minimum Gasteiger partial charge on any atom is -0.386 e. The zero-order valence-electron chi connectivity index (χ0n) is 7.93. The van der Waals surface area contributed by atoms with Crippen LogP contribution in [0.15, 0.2) is 12.2 Å². The monoisotopic (exact) mass is 156 g/mol. The van der Waals surface area contributed by atoms with Gasteiger partial charge in [0.05, 0.1) is 5.60 Å². The molecule has 0 aromatic carbocycles. The Balaban J connectivity index is 4.01. The summed E-state index contributed by atoms with van der Waals surface area (Å²) in [4.78, 5) is 0. The van der Waals surface area contributed by atoms with E-state index in [0.717, 1.165) is 25.7 Å². The molecule has 0 aliphatic heterocycles. The Labute approximate surface area is 70.1 Å². The summed E-state index contributed by atoms with van der Waals surface area (Å²) in [5.74, 6) is 0. The van der Waals surface area contributed by atoms with Crippen molar-refractivity contribution in [3.63, 3.8) is 0 Å². The van der Waals surface area contributed by atoms with Crippen LogP contribution in [0.1, 0.15) is 46.5 Å². The van der Waals surface area contributed by atoms with Gasteiger partial charge >= 0.3 is 0 Å². The lowest BCUT2D eigenvalue weighted by molar-refractivity contribution is 0.0705. The third kappa shape index (κ3) is 4.20. The average molecular weight is 156 g/mol. The maximum absolute atomic E-state index is 9.92. The van der Waals surface area contributed by atoms with E-state index in [1.54, 1.807) is 0 Å². The molecule has 1 N–H and O–H groups in total. The Hall–Kier alpha value is -0.300. The van der Waals surface area contributed by atoms with Gasteiger partial charge in [0.25, 0.3) is 0 Å². The van der Waals surface area contributed by atoms with Crippen molar-refractivity contribution < 1.29 is 5.11 Å². The van der Waals surface area contributed by atoms with E-state index < -0.39 is 5.60 Å². The summed E-state index contributed by atoms with van der Waals surface area (Å²) in [7, 11) is 0. The fourth-order valence-corrected chi connectivity index (χ4v) is 1.47. The molecule has 0 aromatic rings. The molecule has 0 bridgehead atoms. The van der Waals surface area contributed by atoms with Crippen LogP contribution in [0.4, 0.5) is 0 Å². The van der Waals surface area contributed by atoms with E-state index in [2.05, 4.69) is 13.8 Å². The van der Waals surface area contributed by atoms with Crippen LogP contribution in [0.25, 0.3) is 0 Å². The van der Waals surface area contributed by atoms with Crippen molar-refractivity contribution in [2.24, 2.45) is 0 Å². The molecular weight excluding hydrogens is 136 g/mol. The first-order chi connectivity index (χ1) is 5.18. The van der Waals surface area contributed by atoms with Crippen molar-refractivity contribution in [2.75, 3.05) is 0 Å². The van der Waals surface area contributed by atoms with E-state index in [1.807, 2.05) is 19.1 Å². The minimum atomic E-state index is -0.530. The van der Waals surface area contributed by atoms with Gasteiger partial charge in [0.2, 0.25) is 0 Å². The molecule has 0 spiro atoms. The first kappa shape index (κ1) is 10.7. The van der Waals surface area contributed by atoms with Gasteiger partial charge < -0.3 is 5.11 Å². The highest BCUT2D eigenvalue weighted by Gasteiger charge is 2.19. The highest BCUT2D eigenvalue weighted by Crippen LogP contribution is 2.20. The van der Waals surface area contributed by atoms with E-state index in [9.17, 15) is 5.11 Å². The first-order valence-corrected chi connectivity index (χ1v) is 4.54. The first-order valence-electron chi connectivity index (χ1n) is 4.54. The van der Waals surface area contributed by atoms with Gasteiger partial charge in [-0.3, -0.25) is 0 Å². The summed E-state index contributed by atoms with van der Waals surface area (Å²) in [5.41, 5.74) is -0.530. The van der Waals surface area contributed by atoms with Crippen LogP contribution >= 0.6 is 0 Å². The van der Waals surface area contributed by atoms with Gasteiger partial charge in [-0.25, -0.2) is 0 Å². The third-order valence-corrected chi connectivity index (χ3v) is 1.84. The fraction of sp³-hybridized carbons (Fsp3) is 0.800. The second-order valence-electron chi connectivity index (χ2n) is 3.10. The van der Waals surface area contributed by atoms with E-state index in [1.165, 1.54) is 0 Å². The van der Waals surface area contributed by atoms with Crippen molar-refractivity contribution >= 4 is 0 Å². The Bertz CT molecular complexity index is 110. The Morgan fingerprint density at radius 3 is 1.91 bits per heavy atom. The molecule has 0 unspecified atom stereocenters. The molecule has 0 atom stereocenters. The zero-order chi connectivity index (χ0) is 8.74. The normalized spacial score (nSPS) is 12.7. The van der Waals surface area contributed by atoms with Gasteiger partial charge in [0, 0.05) is 0 Å². The van der Waals surface area contributed by atoms with Crippen LogP contribution in [0, 0.1) is 0 Å². The van der Waals surface area contributed by atoms with Crippen molar-refractivity contribution in [2.45, 2.75) is 52.1 Å². The van der Waals surface area contributed by atoms with Crippen molar-refractivity contribution in [3.05, 3.63) is 12.2 Å². The fourth-order valence-electron chi connectivity index (χ4n) is 1.47. The topological polar surface area (TPSA) is 20.2 Å². The summed E-state index contributed by atoms with van der Waals surface area (Å²) in [5, 5.41) is 9.92. The number of allylic oxidation sites excluding steroid dienone is 1. The van der Waals surface area contributed by atoms with Crippen LogP contribution in [0.5, 0.6) is 0 Å². The molecule has 0 heterocycles. The van der Waals surface area contributed by atoms with E-state index in [4.69, 9.17) is 0 Å². The molecular formula is C10H20O. The predicted molar refractivity (Wildman–Crippen MR) is 49.6 cm³/mol. The van der Waals surface area contributed by atoms with Gasteiger partial charge in [0.15, 0.2) is 0 Å². The van der Waals surface area contributed by atoms with Gasteiger partial charge in [-0.15, -0.1) is 0 Å². The van der Waals surface area contributed by atoms with Gasteiger partial charge in [0.1, 0.15) is 0 Å². The smallest absolute Gasteiger partial charge is 0.0827 e. The van der Waals surface area contributed by atoms with Crippen molar-refractivity contribution in [1.29, 1.82) is 0 Å². The number of hydrogen-bond acceptors (Lipinski definition) is 1. The van der Waals surface area contributed by atoms with Crippen LogP contribution in [-0.2, 0) is 0 Å². The standard InChI is InChI=1S/C10H20O/c1-4-7-10(11,8-5-2)9-6-3/h4,7,11H,5-6,8-9H2,1-3H3. The zero-order valence-corrected chi connectivity index (χ0v) is 7.93. The lowest BCUT2D eigenvalue weighted by atomic mass is 9.92. The lowest BCUT2D eigenvalue weighted by Crippen LogP contribution is -2.24. The number of aliphatic hydroxyl groups is 1. The summed E-state index contributed by atoms with van der Waals surface area (Å²) < 4.78 is 0. The molecule has 0 saturated carbocycles. The van der Waals surface area contributed by atoms with Gasteiger partial charge in [-0.05, 0) is 19.8 Å². The Kier molecular flexibility index (Phi) is 5.22. The maximum atomic E-state index is 9.92. The Morgan fingerprint density at radius 2 is 1.64 bits per heavy atom. The molecule has 0 radical (unpaired) electrons. The van der Waals surface area contributed by atoms with Gasteiger partial charge in [-0.1, -0.05) is 38.8 Å². The molecule has 0 aromatic heterocycles. The summed E-state index contributed by atoms with van der Waals surface area (Å²) in [6.07, 6.45) is 7.70. The third-order valence-electron chi connectivity index (χ3n) is 1.84. The summed E-state index contributed by atoms with van der Waals surface area (Å²) >= 11 is 0. The molecule has 11 heavy (non-hydrogen) atoms. The Morgan fingerprint density at radius 1 is 1.18 bits per heavy atom. The number of hydrogen-bond donors (Lipinski definition) is 1. The molecule has 1 heteroatoms. The second-order valence-corrected chi connectivity index (χ2v) is 3.10. The van der Waals surface area contributed by atoms with Crippen LogP contribution < -0.4 is 0 Å². The highest BCUT2D eigenvalue weighted by molar-refractivity contribution is 4.98. The average Bonchev–Trinajstić information content (AvgIpc) is 1.88. The SMILES string of the molecule is CC=CC(O)(CCC)CCC. The van der Waals surface area contributed by atoms with Crippen LogP contribution in [-0.4, -0.2) is 10.7 Å². The molecule has 0 amide bonds. The largest absolute Gasteiger partial charge is 0.386 e. The maximum Gasteiger partial charge on any atom is 0.0827 e. The highest BCUT2D eigenvalue weighted by atomic mass is 16.3. The molecule has 0 aliphatic rings. The molecule has 1 nitrogen and oxygen atoms in total. The molecule has 0 saturated heterocycles. The van der Waals surface area contributed by atoms with Gasteiger partial charge in [-0.2, -0.15) is 0 Å². The van der Waals surface area contributed by atoms with E-state index in [-0.39, 0.29) is 0 Å². The van der Waals surface area contributed by atoms with Crippen molar-refractivity contribution in [1.82, 2.24) is 0 Å². The predicted octanol–water partition coefficient (Wildman–Crippen LogP) is 2.89. The minimum absolute atomic E-state index is 0.530. The van der Waals surface area contributed by atoms with Crippen LogP contribution in [0.3, 0.4) is 0 Å². The van der Waals surface area contributed by atoms with Crippen molar-refractivity contribution in [3.8, 4) is 0 Å². The molecule has 0 rings (SSSR count). The molecule has 0 fully saturated rings. The molecule has 0 aliphatic carbocycles.